The lowest BCUT2D eigenvalue weighted by Crippen LogP contribution is -2.30. The zero-order chi connectivity index (χ0) is 17.6. The Morgan fingerprint density at radius 2 is 1.71 bits per heavy atom. The van der Waals surface area contributed by atoms with Crippen molar-refractivity contribution in [1.29, 1.82) is 0 Å². The summed E-state index contributed by atoms with van der Waals surface area (Å²) in [6.45, 7) is 0.371. The number of hydrogen-bond donors (Lipinski definition) is 1. The van der Waals surface area contributed by atoms with E-state index in [1.807, 2.05) is 24.3 Å². The Bertz CT molecular complexity index is 786. The third-order valence-electron chi connectivity index (χ3n) is 3.27. The number of halogens is 1. The van der Waals surface area contributed by atoms with E-state index in [1.54, 1.807) is 0 Å². The molecule has 2 rings (SSSR count). The molecule has 128 valence electrons. The largest absolute Gasteiger partial charge is 0.484 e. The molecule has 0 heterocycles. The molecule has 1 N–H and O–H groups in total. The van der Waals surface area contributed by atoms with Crippen LogP contribution in [0.15, 0.2) is 53.4 Å². The molecule has 0 saturated carbocycles. The van der Waals surface area contributed by atoms with Crippen molar-refractivity contribution >= 4 is 27.3 Å². The Kier molecular flexibility index (Phi) is 6.23. The van der Waals surface area contributed by atoms with Crippen LogP contribution in [-0.2, 0) is 21.1 Å². The van der Waals surface area contributed by atoms with Gasteiger partial charge in [-0.3, -0.25) is 4.79 Å². The van der Waals surface area contributed by atoms with E-state index in [-0.39, 0.29) is 17.4 Å². The third-order valence-corrected chi connectivity index (χ3v) is 4.65. The second-order valence-corrected chi connectivity index (χ2v) is 7.71. The van der Waals surface area contributed by atoms with E-state index in [0.717, 1.165) is 11.8 Å². The molecule has 0 bridgehead atoms. The van der Waals surface area contributed by atoms with Gasteiger partial charge in [-0.1, -0.05) is 23.7 Å². The molecule has 0 spiro atoms. The van der Waals surface area contributed by atoms with Crippen LogP contribution in [0, 0.1) is 0 Å². The van der Waals surface area contributed by atoms with Crippen LogP contribution in [0.3, 0.4) is 0 Å². The molecule has 0 radical (unpaired) electrons. The van der Waals surface area contributed by atoms with Crippen LogP contribution in [0.5, 0.6) is 5.75 Å². The number of hydrogen-bond acceptors (Lipinski definition) is 4. The van der Waals surface area contributed by atoms with Gasteiger partial charge >= 0.3 is 0 Å². The quantitative estimate of drug-likeness (QED) is 0.816. The van der Waals surface area contributed by atoms with Crippen LogP contribution < -0.4 is 10.1 Å². The fourth-order valence-corrected chi connectivity index (χ4v) is 2.74. The minimum absolute atomic E-state index is 0.126. The lowest BCUT2D eigenvalue weighted by Gasteiger charge is -2.08. The minimum atomic E-state index is -3.24. The van der Waals surface area contributed by atoms with Crippen LogP contribution in [-0.4, -0.2) is 33.7 Å². The van der Waals surface area contributed by atoms with Crippen LogP contribution in [0.25, 0.3) is 0 Å². The molecule has 2 aromatic carbocycles. The number of sulfone groups is 1. The first-order valence-electron chi connectivity index (χ1n) is 7.29. The van der Waals surface area contributed by atoms with Gasteiger partial charge in [0, 0.05) is 17.8 Å². The maximum absolute atomic E-state index is 11.7. The van der Waals surface area contributed by atoms with E-state index >= 15 is 0 Å². The molecule has 0 aromatic heterocycles. The SMILES string of the molecule is CS(=O)(=O)c1ccc(OCC(=O)NCCc2ccc(Cl)cc2)cc1. The lowest BCUT2D eigenvalue weighted by molar-refractivity contribution is -0.123. The highest BCUT2D eigenvalue weighted by Gasteiger charge is 2.07. The normalized spacial score (nSPS) is 11.1. The van der Waals surface area contributed by atoms with Gasteiger partial charge in [-0.05, 0) is 48.4 Å². The number of amides is 1. The van der Waals surface area contributed by atoms with E-state index in [4.69, 9.17) is 16.3 Å². The summed E-state index contributed by atoms with van der Waals surface area (Å²) in [5.74, 6) is 0.200. The number of carbonyl (C=O) groups is 1. The van der Waals surface area contributed by atoms with Crippen molar-refractivity contribution < 1.29 is 17.9 Å². The Labute approximate surface area is 146 Å². The molecule has 2 aromatic rings. The van der Waals surface area contributed by atoms with E-state index in [1.165, 1.54) is 24.3 Å². The molecule has 0 saturated heterocycles. The van der Waals surface area contributed by atoms with Crippen molar-refractivity contribution in [2.24, 2.45) is 0 Å². The van der Waals surface area contributed by atoms with E-state index in [0.29, 0.717) is 23.7 Å². The average Bonchev–Trinajstić information content (AvgIpc) is 2.54. The van der Waals surface area contributed by atoms with Gasteiger partial charge in [0.05, 0.1) is 4.90 Å². The van der Waals surface area contributed by atoms with E-state index < -0.39 is 9.84 Å². The summed E-state index contributed by atoms with van der Waals surface area (Å²) >= 11 is 5.81. The summed E-state index contributed by atoms with van der Waals surface area (Å²) in [4.78, 5) is 11.9. The molecule has 7 heteroatoms. The number of carbonyl (C=O) groups excluding carboxylic acids is 1. The zero-order valence-corrected chi connectivity index (χ0v) is 14.7. The third kappa shape index (κ3) is 5.86. The van der Waals surface area contributed by atoms with Crippen molar-refractivity contribution in [2.75, 3.05) is 19.4 Å². The molecule has 0 fully saturated rings. The van der Waals surface area contributed by atoms with Gasteiger partial charge in [-0.2, -0.15) is 0 Å². The van der Waals surface area contributed by atoms with Gasteiger partial charge in [-0.15, -0.1) is 0 Å². The maximum atomic E-state index is 11.7. The topological polar surface area (TPSA) is 72.5 Å². The highest BCUT2D eigenvalue weighted by atomic mass is 35.5. The Morgan fingerprint density at radius 3 is 2.29 bits per heavy atom. The molecule has 0 atom stereocenters. The Hall–Kier alpha value is -2.05. The summed E-state index contributed by atoms with van der Waals surface area (Å²) < 4.78 is 28.0. The molecular weight excluding hydrogens is 350 g/mol. The smallest absolute Gasteiger partial charge is 0.257 e. The van der Waals surface area contributed by atoms with Crippen LogP contribution in [0.2, 0.25) is 5.02 Å². The molecule has 0 aliphatic carbocycles. The van der Waals surface area contributed by atoms with Crippen molar-refractivity contribution in [3.8, 4) is 5.75 Å². The summed E-state index contributed by atoms with van der Waals surface area (Å²) in [6, 6.07) is 13.4. The molecule has 0 unspecified atom stereocenters. The van der Waals surface area contributed by atoms with Crippen LogP contribution >= 0.6 is 11.6 Å². The Balaban J connectivity index is 1.74. The summed E-state index contributed by atoms with van der Waals surface area (Å²) in [7, 11) is -3.24. The monoisotopic (exact) mass is 367 g/mol. The molecular formula is C17H18ClNO4S. The van der Waals surface area contributed by atoms with Crippen molar-refractivity contribution in [1.82, 2.24) is 5.32 Å². The number of benzene rings is 2. The predicted molar refractivity (Wildman–Crippen MR) is 93.2 cm³/mol. The van der Waals surface area contributed by atoms with Gasteiger partial charge < -0.3 is 10.1 Å². The lowest BCUT2D eigenvalue weighted by atomic mass is 10.1. The fourth-order valence-electron chi connectivity index (χ4n) is 1.98. The van der Waals surface area contributed by atoms with Crippen molar-refractivity contribution in [3.05, 3.63) is 59.1 Å². The number of ether oxygens (including phenoxy) is 1. The van der Waals surface area contributed by atoms with Gasteiger partial charge in [0.15, 0.2) is 16.4 Å². The predicted octanol–water partition coefficient (Wildman–Crippen LogP) is 2.48. The molecule has 5 nitrogen and oxygen atoms in total. The first kappa shape index (κ1) is 18.3. The zero-order valence-electron chi connectivity index (χ0n) is 13.2. The molecule has 0 aliphatic rings. The fraction of sp³-hybridized carbons (Fsp3) is 0.235. The van der Waals surface area contributed by atoms with E-state index in [2.05, 4.69) is 5.32 Å². The standard InChI is InChI=1S/C17H18ClNO4S/c1-24(21,22)16-8-6-15(7-9-16)23-12-17(20)19-11-10-13-2-4-14(18)5-3-13/h2-9H,10-12H2,1H3,(H,19,20). The second kappa shape index (κ2) is 8.17. The highest BCUT2D eigenvalue weighted by Crippen LogP contribution is 2.15. The van der Waals surface area contributed by atoms with Gasteiger partial charge in [0.25, 0.3) is 5.91 Å². The van der Waals surface area contributed by atoms with E-state index in [9.17, 15) is 13.2 Å². The maximum Gasteiger partial charge on any atom is 0.257 e. The average molecular weight is 368 g/mol. The van der Waals surface area contributed by atoms with Gasteiger partial charge in [0.1, 0.15) is 5.75 Å². The highest BCUT2D eigenvalue weighted by molar-refractivity contribution is 7.90. The number of nitrogens with one attached hydrogen (secondary N) is 1. The molecule has 1 amide bonds. The summed E-state index contributed by atoms with van der Waals surface area (Å²) in [5, 5.41) is 3.44. The summed E-state index contributed by atoms with van der Waals surface area (Å²) in [5.41, 5.74) is 1.08. The Morgan fingerprint density at radius 1 is 1.08 bits per heavy atom. The first-order valence-corrected chi connectivity index (χ1v) is 9.55. The van der Waals surface area contributed by atoms with Gasteiger partial charge in [0.2, 0.25) is 0 Å². The first-order chi connectivity index (χ1) is 11.3. The van der Waals surface area contributed by atoms with Crippen molar-refractivity contribution in [3.63, 3.8) is 0 Å². The minimum Gasteiger partial charge on any atom is -0.484 e. The van der Waals surface area contributed by atoms with Crippen molar-refractivity contribution in [2.45, 2.75) is 11.3 Å². The van der Waals surface area contributed by atoms with Crippen LogP contribution in [0.4, 0.5) is 0 Å². The molecule has 0 aliphatic heterocycles. The van der Waals surface area contributed by atoms with Gasteiger partial charge in [-0.25, -0.2) is 8.42 Å². The number of rotatable bonds is 7. The second-order valence-electron chi connectivity index (χ2n) is 5.26. The molecule has 24 heavy (non-hydrogen) atoms. The summed E-state index contributed by atoms with van der Waals surface area (Å²) in [6.07, 6.45) is 1.84. The van der Waals surface area contributed by atoms with Crippen LogP contribution in [0.1, 0.15) is 5.56 Å².